The van der Waals surface area contributed by atoms with Gasteiger partial charge >= 0.3 is 0 Å². The first-order valence-corrected chi connectivity index (χ1v) is 10.1. The Kier molecular flexibility index (Phi) is 5.91. The molecule has 2 heterocycles. The SMILES string of the molecule is Cc1cccc(NC(=O)/C(C#N)=C/c2ccc(Sc3nnnn3-c3ccccc3)o2)c1. The highest BCUT2D eigenvalue weighted by Crippen LogP contribution is 2.29. The Morgan fingerprint density at radius 3 is 2.77 bits per heavy atom. The highest BCUT2D eigenvalue weighted by atomic mass is 32.2. The van der Waals surface area contributed by atoms with Crippen LogP contribution in [0.5, 0.6) is 0 Å². The number of rotatable bonds is 6. The lowest BCUT2D eigenvalue weighted by atomic mass is 10.2. The average Bonchev–Trinajstić information content (AvgIpc) is 3.42. The van der Waals surface area contributed by atoms with Gasteiger partial charge in [0.1, 0.15) is 17.4 Å². The van der Waals surface area contributed by atoms with Crippen molar-refractivity contribution in [1.82, 2.24) is 20.2 Å². The largest absolute Gasteiger partial charge is 0.450 e. The van der Waals surface area contributed by atoms with Gasteiger partial charge in [-0.2, -0.15) is 9.94 Å². The first-order chi connectivity index (χ1) is 15.1. The maximum Gasteiger partial charge on any atom is 0.266 e. The van der Waals surface area contributed by atoms with Crippen molar-refractivity contribution in [3.63, 3.8) is 0 Å². The predicted molar refractivity (Wildman–Crippen MR) is 115 cm³/mol. The number of anilines is 1. The van der Waals surface area contributed by atoms with E-state index < -0.39 is 5.91 Å². The second kappa shape index (κ2) is 9.11. The zero-order chi connectivity index (χ0) is 21.6. The molecule has 0 saturated carbocycles. The highest BCUT2D eigenvalue weighted by Gasteiger charge is 2.14. The second-order valence-electron chi connectivity index (χ2n) is 6.46. The van der Waals surface area contributed by atoms with E-state index in [-0.39, 0.29) is 5.57 Å². The van der Waals surface area contributed by atoms with Crippen LogP contribution in [0.4, 0.5) is 5.69 Å². The van der Waals surface area contributed by atoms with Crippen molar-refractivity contribution in [2.75, 3.05) is 5.32 Å². The Balaban J connectivity index is 1.49. The van der Waals surface area contributed by atoms with Gasteiger partial charge in [-0.15, -0.1) is 5.10 Å². The van der Waals surface area contributed by atoms with Crippen molar-refractivity contribution >= 4 is 29.4 Å². The Morgan fingerprint density at radius 2 is 2.00 bits per heavy atom. The molecule has 0 aliphatic carbocycles. The summed E-state index contributed by atoms with van der Waals surface area (Å²) in [6.07, 6.45) is 1.40. The summed E-state index contributed by atoms with van der Waals surface area (Å²) in [6, 6.07) is 22.2. The van der Waals surface area contributed by atoms with Crippen LogP contribution in [0.15, 0.2) is 87.0 Å². The lowest BCUT2D eigenvalue weighted by molar-refractivity contribution is -0.112. The number of hydrogen-bond acceptors (Lipinski definition) is 7. The molecule has 1 amide bonds. The van der Waals surface area contributed by atoms with Gasteiger partial charge in [-0.05, 0) is 71.1 Å². The van der Waals surface area contributed by atoms with Crippen LogP contribution in [-0.2, 0) is 4.79 Å². The molecule has 0 spiro atoms. The maximum atomic E-state index is 12.4. The van der Waals surface area contributed by atoms with E-state index in [1.54, 1.807) is 22.9 Å². The number of nitriles is 1. The van der Waals surface area contributed by atoms with Crippen LogP contribution in [0.1, 0.15) is 11.3 Å². The zero-order valence-corrected chi connectivity index (χ0v) is 17.2. The molecule has 0 saturated heterocycles. The third-order valence-corrected chi connectivity index (χ3v) is 5.02. The molecular formula is C22H16N6O2S. The standard InChI is InChI=1S/C22H16N6O2S/c1-15-6-5-7-17(12-15)24-21(29)16(14-23)13-19-10-11-20(30-19)31-22-25-26-27-28(22)18-8-3-2-4-9-18/h2-13H,1H3,(H,24,29)/b16-13+. The number of nitrogens with zero attached hydrogens (tertiary/aromatic N) is 5. The molecule has 152 valence electrons. The van der Waals surface area contributed by atoms with Crippen molar-refractivity contribution in [3.05, 3.63) is 83.6 Å². The minimum absolute atomic E-state index is 0.0680. The third kappa shape index (κ3) is 4.88. The summed E-state index contributed by atoms with van der Waals surface area (Å²) in [5.41, 5.74) is 2.38. The second-order valence-corrected chi connectivity index (χ2v) is 7.43. The molecule has 0 fully saturated rings. The van der Waals surface area contributed by atoms with Crippen LogP contribution >= 0.6 is 11.8 Å². The number of amides is 1. The summed E-state index contributed by atoms with van der Waals surface area (Å²) in [4.78, 5) is 12.4. The summed E-state index contributed by atoms with van der Waals surface area (Å²) in [6.45, 7) is 1.92. The predicted octanol–water partition coefficient (Wildman–Crippen LogP) is 4.26. The Labute approximate surface area is 182 Å². The Bertz CT molecular complexity index is 1290. The summed E-state index contributed by atoms with van der Waals surface area (Å²) in [5, 5.41) is 24.9. The number of nitrogens with one attached hydrogen (secondary N) is 1. The van der Waals surface area contributed by atoms with E-state index in [4.69, 9.17) is 4.42 Å². The van der Waals surface area contributed by atoms with Crippen molar-refractivity contribution in [2.45, 2.75) is 17.2 Å². The van der Waals surface area contributed by atoms with Crippen molar-refractivity contribution in [1.29, 1.82) is 5.26 Å². The van der Waals surface area contributed by atoms with Crippen LogP contribution < -0.4 is 5.32 Å². The summed E-state index contributed by atoms with van der Waals surface area (Å²) >= 11 is 1.23. The molecule has 31 heavy (non-hydrogen) atoms. The van der Waals surface area contributed by atoms with Crippen molar-refractivity contribution < 1.29 is 9.21 Å². The number of para-hydroxylation sites is 1. The molecule has 1 N–H and O–H groups in total. The molecular weight excluding hydrogens is 412 g/mol. The quantitative estimate of drug-likeness (QED) is 0.361. The van der Waals surface area contributed by atoms with Gasteiger partial charge in [0.05, 0.1) is 5.69 Å². The van der Waals surface area contributed by atoms with Gasteiger partial charge < -0.3 is 9.73 Å². The van der Waals surface area contributed by atoms with E-state index in [9.17, 15) is 10.1 Å². The smallest absolute Gasteiger partial charge is 0.266 e. The van der Waals surface area contributed by atoms with Gasteiger partial charge in [-0.3, -0.25) is 4.79 Å². The number of aromatic nitrogens is 4. The molecule has 0 unspecified atom stereocenters. The van der Waals surface area contributed by atoms with Crippen LogP contribution in [0.25, 0.3) is 11.8 Å². The number of aryl methyl sites for hydroxylation is 1. The number of hydrogen-bond donors (Lipinski definition) is 1. The Morgan fingerprint density at radius 1 is 1.16 bits per heavy atom. The van der Waals surface area contributed by atoms with Crippen LogP contribution in [0, 0.1) is 18.3 Å². The molecule has 0 aliphatic heterocycles. The number of tetrazole rings is 1. The van der Waals surface area contributed by atoms with Crippen molar-refractivity contribution in [2.24, 2.45) is 0 Å². The average molecular weight is 428 g/mol. The minimum atomic E-state index is -0.508. The van der Waals surface area contributed by atoms with Crippen LogP contribution in [0.2, 0.25) is 0 Å². The molecule has 8 nitrogen and oxygen atoms in total. The van der Waals surface area contributed by atoms with E-state index in [2.05, 4.69) is 20.8 Å². The first kappa shape index (κ1) is 20.1. The van der Waals surface area contributed by atoms with E-state index >= 15 is 0 Å². The fraction of sp³-hybridized carbons (Fsp3) is 0.0455. The monoisotopic (exact) mass is 428 g/mol. The summed E-state index contributed by atoms with van der Waals surface area (Å²) < 4.78 is 7.34. The van der Waals surface area contributed by atoms with Gasteiger partial charge in [0.25, 0.3) is 5.91 Å². The van der Waals surface area contributed by atoms with Gasteiger partial charge in [-0.1, -0.05) is 30.3 Å². The lowest BCUT2D eigenvalue weighted by Gasteiger charge is -2.04. The van der Waals surface area contributed by atoms with Gasteiger partial charge in [0.15, 0.2) is 5.09 Å². The molecule has 4 rings (SSSR count). The molecule has 4 aromatic rings. The van der Waals surface area contributed by atoms with E-state index in [1.165, 1.54) is 17.8 Å². The van der Waals surface area contributed by atoms with Crippen LogP contribution in [0.3, 0.4) is 0 Å². The summed E-state index contributed by atoms with van der Waals surface area (Å²) in [7, 11) is 0. The highest BCUT2D eigenvalue weighted by molar-refractivity contribution is 7.99. The fourth-order valence-corrected chi connectivity index (χ4v) is 3.50. The van der Waals surface area contributed by atoms with Crippen LogP contribution in [-0.4, -0.2) is 26.1 Å². The topological polar surface area (TPSA) is 110 Å². The third-order valence-electron chi connectivity index (χ3n) is 4.16. The van der Waals surface area contributed by atoms with E-state index in [0.29, 0.717) is 21.7 Å². The number of carbonyl (C=O) groups is 1. The van der Waals surface area contributed by atoms with Gasteiger partial charge in [0, 0.05) is 11.8 Å². The van der Waals surface area contributed by atoms with Crippen molar-refractivity contribution in [3.8, 4) is 11.8 Å². The fourth-order valence-electron chi connectivity index (χ4n) is 2.74. The lowest BCUT2D eigenvalue weighted by Crippen LogP contribution is -2.13. The molecule has 2 aromatic heterocycles. The number of carbonyl (C=O) groups excluding carboxylic acids is 1. The zero-order valence-electron chi connectivity index (χ0n) is 16.4. The number of furan rings is 1. The molecule has 0 aliphatic rings. The Hall–Kier alpha value is -4.16. The van der Waals surface area contributed by atoms with Gasteiger partial charge in [0.2, 0.25) is 5.16 Å². The minimum Gasteiger partial charge on any atom is -0.450 e. The molecule has 9 heteroatoms. The summed E-state index contributed by atoms with van der Waals surface area (Å²) in [5.74, 6) is -0.135. The van der Waals surface area contributed by atoms with E-state index in [0.717, 1.165) is 11.3 Å². The maximum absolute atomic E-state index is 12.4. The molecule has 0 radical (unpaired) electrons. The molecule has 2 aromatic carbocycles. The van der Waals surface area contributed by atoms with Gasteiger partial charge in [-0.25, -0.2) is 0 Å². The normalized spacial score (nSPS) is 11.2. The number of benzene rings is 2. The molecule has 0 bridgehead atoms. The van der Waals surface area contributed by atoms with E-state index in [1.807, 2.05) is 61.5 Å². The first-order valence-electron chi connectivity index (χ1n) is 9.24. The molecule has 0 atom stereocenters.